The molecule has 0 aliphatic heterocycles. The molecule has 3 aromatic carbocycles. The Morgan fingerprint density at radius 3 is 1.85 bits per heavy atom. The van der Waals surface area contributed by atoms with Gasteiger partial charge in [0, 0.05) is 11.1 Å². The standard InChI is InChI=1S/C24H20N2/c1-17-11-13-20(14-12-17)23-16-24(26-18(2)25-23)22-10-6-9-21(15-22)19-7-4-3-5-8-19/h3-16H,1-2H3. The zero-order valence-electron chi connectivity index (χ0n) is 15.0. The van der Waals surface area contributed by atoms with Crippen molar-refractivity contribution in [2.24, 2.45) is 0 Å². The molecule has 1 heterocycles. The Kier molecular flexibility index (Phi) is 4.32. The second-order valence-corrected chi connectivity index (χ2v) is 6.50. The van der Waals surface area contributed by atoms with Gasteiger partial charge >= 0.3 is 0 Å². The van der Waals surface area contributed by atoms with E-state index in [-0.39, 0.29) is 0 Å². The van der Waals surface area contributed by atoms with E-state index in [0.717, 1.165) is 28.3 Å². The molecule has 0 amide bonds. The quantitative estimate of drug-likeness (QED) is 0.452. The smallest absolute Gasteiger partial charge is 0.126 e. The Morgan fingerprint density at radius 2 is 1.12 bits per heavy atom. The molecule has 0 aliphatic carbocycles. The molecular weight excluding hydrogens is 316 g/mol. The molecular formula is C24H20N2. The van der Waals surface area contributed by atoms with Gasteiger partial charge in [-0.3, -0.25) is 0 Å². The molecule has 0 saturated carbocycles. The van der Waals surface area contributed by atoms with Crippen molar-refractivity contribution in [1.82, 2.24) is 9.97 Å². The zero-order valence-corrected chi connectivity index (χ0v) is 15.0. The van der Waals surface area contributed by atoms with E-state index >= 15 is 0 Å². The van der Waals surface area contributed by atoms with E-state index in [9.17, 15) is 0 Å². The van der Waals surface area contributed by atoms with Crippen LogP contribution in [0.5, 0.6) is 0 Å². The number of benzene rings is 3. The minimum absolute atomic E-state index is 0.781. The number of hydrogen-bond donors (Lipinski definition) is 0. The van der Waals surface area contributed by atoms with E-state index in [4.69, 9.17) is 0 Å². The highest BCUT2D eigenvalue weighted by atomic mass is 14.9. The zero-order chi connectivity index (χ0) is 17.9. The lowest BCUT2D eigenvalue weighted by molar-refractivity contribution is 1.06. The number of hydrogen-bond acceptors (Lipinski definition) is 2. The Hall–Kier alpha value is -3.26. The third kappa shape index (κ3) is 3.40. The second kappa shape index (κ2) is 6.93. The molecule has 0 saturated heterocycles. The lowest BCUT2D eigenvalue weighted by atomic mass is 10.0. The summed E-state index contributed by atoms with van der Waals surface area (Å²) >= 11 is 0. The lowest BCUT2D eigenvalue weighted by Gasteiger charge is -2.09. The fourth-order valence-corrected chi connectivity index (χ4v) is 3.08. The van der Waals surface area contributed by atoms with E-state index in [0.29, 0.717) is 0 Å². The first-order valence-electron chi connectivity index (χ1n) is 8.78. The van der Waals surface area contributed by atoms with Crippen molar-refractivity contribution < 1.29 is 0 Å². The summed E-state index contributed by atoms with van der Waals surface area (Å²) in [5.74, 6) is 0.781. The van der Waals surface area contributed by atoms with Crippen LogP contribution in [-0.4, -0.2) is 9.97 Å². The van der Waals surface area contributed by atoms with Crippen molar-refractivity contribution in [2.75, 3.05) is 0 Å². The van der Waals surface area contributed by atoms with Crippen molar-refractivity contribution in [3.63, 3.8) is 0 Å². The van der Waals surface area contributed by atoms with E-state index in [2.05, 4.69) is 95.8 Å². The Balaban J connectivity index is 1.78. The number of rotatable bonds is 3. The van der Waals surface area contributed by atoms with E-state index in [1.54, 1.807) is 0 Å². The molecule has 2 nitrogen and oxygen atoms in total. The lowest BCUT2D eigenvalue weighted by Crippen LogP contribution is -1.95. The molecule has 2 heteroatoms. The van der Waals surface area contributed by atoms with Crippen LogP contribution in [0.4, 0.5) is 0 Å². The minimum atomic E-state index is 0.781. The van der Waals surface area contributed by atoms with E-state index < -0.39 is 0 Å². The summed E-state index contributed by atoms with van der Waals surface area (Å²) in [5, 5.41) is 0. The van der Waals surface area contributed by atoms with Crippen LogP contribution in [0.25, 0.3) is 33.6 Å². The van der Waals surface area contributed by atoms with Crippen molar-refractivity contribution in [1.29, 1.82) is 0 Å². The van der Waals surface area contributed by atoms with Gasteiger partial charge in [0.05, 0.1) is 11.4 Å². The van der Waals surface area contributed by atoms with Crippen molar-refractivity contribution >= 4 is 0 Å². The first-order valence-corrected chi connectivity index (χ1v) is 8.78. The Labute approximate surface area is 154 Å². The minimum Gasteiger partial charge on any atom is -0.233 e. The molecule has 0 fully saturated rings. The second-order valence-electron chi connectivity index (χ2n) is 6.50. The molecule has 4 rings (SSSR count). The highest BCUT2D eigenvalue weighted by Gasteiger charge is 2.08. The summed E-state index contributed by atoms with van der Waals surface area (Å²) in [7, 11) is 0. The maximum absolute atomic E-state index is 4.67. The number of aryl methyl sites for hydroxylation is 2. The third-order valence-electron chi connectivity index (χ3n) is 4.45. The van der Waals surface area contributed by atoms with Gasteiger partial charge in [0.2, 0.25) is 0 Å². The van der Waals surface area contributed by atoms with Crippen LogP contribution in [0.3, 0.4) is 0 Å². The molecule has 126 valence electrons. The van der Waals surface area contributed by atoms with E-state index in [1.165, 1.54) is 16.7 Å². The fourth-order valence-electron chi connectivity index (χ4n) is 3.08. The van der Waals surface area contributed by atoms with Crippen LogP contribution in [0.15, 0.2) is 84.9 Å². The van der Waals surface area contributed by atoms with Crippen LogP contribution in [0.2, 0.25) is 0 Å². The van der Waals surface area contributed by atoms with Gasteiger partial charge in [-0.15, -0.1) is 0 Å². The summed E-state index contributed by atoms with van der Waals surface area (Å²) < 4.78 is 0. The molecule has 0 spiro atoms. The summed E-state index contributed by atoms with van der Waals surface area (Å²) in [6.07, 6.45) is 0. The van der Waals surface area contributed by atoms with Crippen molar-refractivity contribution in [3.8, 4) is 33.6 Å². The molecule has 0 N–H and O–H groups in total. The Morgan fingerprint density at radius 1 is 0.500 bits per heavy atom. The first kappa shape index (κ1) is 16.2. The average Bonchev–Trinajstić information content (AvgIpc) is 2.69. The van der Waals surface area contributed by atoms with Crippen molar-refractivity contribution in [2.45, 2.75) is 13.8 Å². The first-order chi connectivity index (χ1) is 12.7. The van der Waals surface area contributed by atoms with Gasteiger partial charge < -0.3 is 0 Å². The molecule has 0 aliphatic rings. The molecule has 4 aromatic rings. The van der Waals surface area contributed by atoms with Gasteiger partial charge in [-0.05, 0) is 37.1 Å². The maximum Gasteiger partial charge on any atom is 0.126 e. The number of aromatic nitrogens is 2. The topological polar surface area (TPSA) is 25.8 Å². The van der Waals surface area contributed by atoms with E-state index in [1.807, 2.05) is 13.0 Å². The van der Waals surface area contributed by atoms with Gasteiger partial charge in [0.15, 0.2) is 0 Å². The van der Waals surface area contributed by atoms with Gasteiger partial charge in [-0.1, -0.05) is 78.4 Å². The summed E-state index contributed by atoms with van der Waals surface area (Å²) in [6, 6.07) is 29.4. The Bertz CT molecular complexity index is 1040. The van der Waals surface area contributed by atoms with Crippen LogP contribution in [0, 0.1) is 13.8 Å². The number of nitrogens with zero attached hydrogens (tertiary/aromatic N) is 2. The molecule has 26 heavy (non-hydrogen) atoms. The predicted molar refractivity (Wildman–Crippen MR) is 108 cm³/mol. The maximum atomic E-state index is 4.67. The van der Waals surface area contributed by atoms with Gasteiger partial charge in [-0.25, -0.2) is 9.97 Å². The predicted octanol–water partition coefficient (Wildman–Crippen LogP) is 6.09. The fraction of sp³-hybridized carbons (Fsp3) is 0.0833. The normalized spacial score (nSPS) is 10.7. The van der Waals surface area contributed by atoms with Crippen LogP contribution in [-0.2, 0) is 0 Å². The summed E-state index contributed by atoms with van der Waals surface area (Å²) in [6.45, 7) is 4.04. The van der Waals surface area contributed by atoms with Gasteiger partial charge in [0.25, 0.3) is 0 Å². The van der Waals surface area contributed by atoms with Crippen LogP contribution < -0.4 is 0 Å². The summed E-state index contributed by atoms with van der Waals surface area (Å²) in [5.41, 5.74) is 7.76. The largest absolute Gasteiger partial charge is 0.233 e. The summed E-state index contributed by atoms with van der Waals surface area (Å²) in [4.78, 5) is 9.30. The molecule has 1 aromatic heterocycles. The molecule has 0 radical (unpaired) electrons. The highest BCUT2D eigenvalue weighted by Crippen LogP contribution is 2.28. The molecule has 0 atom stereocenters. The molecule has 0 unspecified atom stereocenters. The molecule has 0 bridgehead atoms. The van der Waals surface area contributed by atoms with Crippen molar-refractivity contribution in [3.05, 3.63) is 96.3 Å². The van der Waals surface area contributed by atoms with Crippen LogP contribution >= 0.6 is 0 Å². The van der Waals surface area contributed by atoms with Crippen LogP contribution in [0.1, 0.15) is 11.4 Å². The third-order valence-corrected chi connectivity index (χ3v) is 4.45. The average molecular weight is 336 g/mol. The monoisotopic (exact) mass is 336 g/mol. The SMILES string of the molecule is Cc1ccc(-c2cc(-c3cccc(-c4ccccc4)c3)nc(C)n2)cc1. The highest BCUT2D eigenvalue weighted by molar-refractivity contribution is 5.73. The van der Waals surface area contributed by atoms with Gasteiger partial charge in [0.1, 0.15) is 5.82 Å². The van der Waals surface area contributed by atoms with Gasteiger partial charge in [-0.2, -0.15) is 0 Å².